The largest absolute Gasteiger partial charge is 0.497 e. The van der Waals surface area contributed by atoms with Crippen LogP contribution in [-0.4, -0.2) is 24.9 Å². The van der Waals surface area contributed by atoms with Crippen molar-refractivity contribution in [3.8, 4) is 5.75 Å². The van der Waals surface area contributed by atoms with E-state index in [1.54, 1.807) is 7.11 Å². The molecule has 1 aliphatic rings. The summed E-state index contributed by atoms with van der Waals surface area (Å²) in [6.45, 7) is 0.856. The van der Waals surface area contributed by atoms with Crippen molar-refractivity contribution in [2.24, 2.45) is 5.92 Å². The van der Waals surface area contributed by atoms with Gasteiger partial charge in [0.1, 0.15) is 5.75 Å². The Kier molecular flexibility index (Phi) is 3.74. The number of aliphatic hydroxyl groups is 1. The summed E-state index contributed by atoms with van der Waals surface area (Å²) < 4.78 is 5.16. The molecule has 0 radical (unpaired) electrons. The zero-order chi connectivity index (χ0) is 12.3. The molecule has 0 spiro atoms. The van der Waals surface area contributed by atoms with Gasteiger partial charge in [0.05, 0.1) is 24.6 Å². The molecule has 0 saturated heterocycles. The lowest BCUT2D eigenvalue weighted by molar-refractivity contribution is 0.178. The molecule has 1 aromatic carbocycles. The van der Waals surface area contributed by atoms with Gasteiger partial charge in [-0.05, 0) is 37.3 Å². The molecular weight excluding hydrogens is 216 g/mol. The van der Waals surface area contributed by atoms with E-state index >= 15 is 0 Å². The maximum atomic E-state index is 9.46. The van der Waals surface area contributed by atoms with Crippen LogP contribution in [0, 0.1) is 5.92 Å². The number of methoxy groups -OCH3 is 1. The Morgan fingerprint density at radius 1 is 1.47 bits per heavy atom. The lowest BCUT2D eigenvalue weighted by Crippen LogP contribution is -2.13. The first-order valence-corrected chi connectivity index (χ1v) is 6.04. The SMILES string of the molecule is COc1ccc(N)c(NCC2CCC(O)C2)c1. The highest BCUT2D eigenvalue weighted by Gasteiger charge is 2.22. The molecule has 17 heavy (non-hydrogen) atoms. The van der Waals surface area contributed by atoms with Crippen LogP contribution in [-0.2, 0) is 0 Å². The summed E-state index contributed by atoms with van der Waals surface area (Å²) in [5.74, 6) is 1.34. The van der Waals surface area contributed by atoms with Crippen LogP contribution in [0.4, 0.5) is 11.4 Å². The molecule has 4 N–H and O–H groups in total. The van der Waals surface area contributed by atoms with E-state index in [9.17, 15) is 5.11 Å². The lowest BCUT2D eigenvalue weighted by Gasteiger charge is -2.14. The highest BCUT2D eigenvalue weighted by atomic mass is 16.5. The Bertz CT molecular complexity index is 382. The fourth-order valence-corrected chi connectivity index (χ4v) is 2.30. The fraction of sp³-hybridized carbons (Fsp3) is 0.538. The molecule has 1 aromatic rings. The second kappa shape index (κ2) is 5.27. The maximum Gasteiger partial charge on any atom is 0.121 e. The molecule has 0 heterocycles. The Balaban J connectivity index is 1.94. The van der Waals surface area contributed by atoms with Crippen molar-refractivity contribution in [2.75, 3.05) is 24.7 Å². The average molecular weight is 236 g/mol. The molecule has 1 fully saturated rings. The topological polar surface area (TPSA) is 67.5 Å². The number of hydrogen-bond acceptors (Lipinski definition) is 4. The molecule has 2 atom stereocenters. The van der Waals surface area contributed by atoms with Gasteiger partial charge >= 0.3 is 0 Å². The van der Waals surface area contributed by atoms with E-state index in [0.717, 1.165) is 42.9 Å². The normalized spacial score (nSPS) is 23.6. The summed E-state index contributed by atoms with van der Waals surface area (Å²) >= 11 is 0. The van der Waals surface area contributed by atoms with Gasteiger partial charge in [-0.2, -0.15) is 0 Å². The van der Waals surface area contributed by atoms with E-state index in [4.69, 9.17) is 10.5 Å². The molecule has 4 heteroatoms. The van der Waals surface area contributed by atoms with Gasteiger partial charge in [-0.25, -0.2) is 0 Å². The summed E-state index contributed by atoms with van der Waals surface area (Å²) in [5, 5.41) is 12.8. The van der Waals surface area contributed by atoms with Gasteiger partial charge in [0.25, 0.3) is 0 Å². The maximum absolute atomic E-state index is 9.46. The second-order valence-electron chi connectivity index (χ2n) is 4.67. The first kappa shape index (κ1) is 12.0. The van der Waals surface area contributed by atoms with Crippen molar-refractivity contribution in [3.63, 3.8) is 0 Å². The first-order chi connectivity index (χ1) is 8.19. The number of hydrogen-bond donors (Lipinski definition) is 3. The predicted octanol–water partition coefficient (Wildman–Crippen LogP) is 1.85. The molecule has 2 rings (SSSR count). The van der Waals surface area contributed by atoms with Crippen molar-refractivity contribution in [2.45, 2.75) is 25.4 Å². The van der Waals surface area contributed by atoms with E-state index in [1.807, 2.05) is 18.2 Å². The number of ether oxygens (including phenoxy) is 1. The number of nitrogens with one attached hydrogen (secondary N) is 1. The summed E-state index contributed by atoms with van der Waals surface area (Å²) in [5.41, 5.74) is 7.52. The summed E-state index contributed by atoms with van der Waals surface area (Å²) in [7, 11) is 1.64. The van der Waals surface area contributed by atoms with E-state index in [2.05, 4.69) is 5.32 Å². The summed E-state index contributed by atoms with van der Waals surface area (Å²) in [4.78, 5) is 0. The Hall–Kier alpha value is -1.42. The average Bonchev–Trinajstić information content (AvgIpc) is 2.74. The smallest absolute Gasteiger partial charge is 0.121 e. The molecular formula is C13H20N2O2. The highest BCUT2D eigenvalue weighted by molar-refractivity contribution is 5.68. The van der Waals surface area contributed by atoms with E-state index in [0.29, 0.717) is 5.92 Å². The number of anilines is 2. The van der Waals surface area contributed by atoms with Crippen molar-refractivity contribution < 1.29 is 9.84 Å². The van der Waals surface area contributed by atoms with Gasteiger partial charge in [0, 0.05) is 12.6 Å². The quantitative estimate of drug-likeness (QED) is 0.698. The standard InChI is InChI=1S/C13H20N2O2/c1-17-11-4-5-12(14)13(7-11)15-8-9-2-3-10(16)6-9/h4-5,7,9-10,15-16H,2-3,6,8,14H2,1H3. The molecule has 94 valence electrons. The van der Waals surface area contributed by atoms with Crippen LogP contribution in [0.25, 0.3) is 0 Å². The van der Waals surface area contributed by atoms with Gasteiger partial charge in [0.15, 0.2) is 0 Å². The number of aliphatic hydroxyl groups excluding tert-OH is 1. The second-order valence-corrected chi connectivity index (χ2v) is 4.67. The third kappa shape index (κ3) is 3.03. The minimum Gasteiger partial charge on any atom is -0.497 e. The highest BCUT2D eigenvalue weighted by Crippen LogP contribution is 2.28. The summed E-state index contributed by atoms with van der Waals surface area (Å²) in [6, 6.07) is 5.59. The molecule has 0 aromatic heterocycles. The lowest BCUT2D eigenvalue weighted by atomic mass is 10.1. The molecule has 0 bridgehead atoms. The number of nitrogens with two attached hydrogens (primary N) is 1. The van der Waals surface area contributed by atoms with Crippen LogP contribution in [0.1, 0.15) is 19.3 Å². The number of rotatable bonds is 4. The predicted molar refractivity (Wildman–Crippen MR) is 69.2 cm³/mol. The Morgan fingerprint density at radius 3 is 2.94 bits per heavy atom. The molecule has 1 saturated carbocycles. The molecule has 0 amide bonds. The number of nitrogen functional groups attached to an aromatic ring is 1. The van der Waals surface area contributed by atoms with Gasteiger partial charge in [-0.15, -0.1) is 0 Å². The van der Waals surface area contributed by atoms with Crippen LogP contribution in [0.2, 0.25) is 0 Å². The third-order valence-corrected chi connectivity index (χ3v) is 3.36. The van der Waals surface area contributed by atoms with Crippen molar-refractivity contribution in [3.05, 3.63) is 18.2 Å². The molecule has 4 nitrogen and oxygen atoms in total. The summed E-state index contributed by atoms with van der Waals surface area (Å²) in [6.07, 6.45) is 2.76. The minimum absolute atomic E-state index is 0.121. The van der Waals surface area contributed by atoms with Gasteiger partial charge in [-0.3, -0.25) is 0 Å². The van der Waals surface area contributed by atoms with Gasteiger partial charge in [0.2, 0.25) is 0 Å². The third-order valence-electron chi connectivity index (χ3n) is 3.36. The van der Waals surface area contributed by atoms with Crippen molar-refractivity contribution >= 4 is 11.4 Å². The van der Waals surface area contributed by atoms with Crippen LogP contribution >= 0.6 is 0 Å². The minimum atomic E-state index is -0.121. The zero-order valence-corrected chi connectivity index (χ0v) is 10.1. The van der Waals surface area contributed by atoms with Crippen molar-refractivity contribution in [1.29, 1.82) is 0 Å². The molecule has 1 aliphatic carbocycles. The number of benzene rings is 1. The van der Waals surface area contributed by atoms with Crippen molar-refractivity contribution in [1.82, 2.24) is 0 Å². The molecule has 0 aliphatic heterocycles. The Morgan fingerprint density at radius 2 is 2.29 bits per heavy atom. The van der Waals surface area contributed by atoms with Crippen LogP contribution in [0.3, 0.4) is 0 Å². The fourth-order valence-electron chi connectivity index (χ4n) is 2.30. The zero-order valence-electron chi connectivity index (χ0n) is 10.1. The molecule has 2 unspecified atom stereocenters. The van der Waals surface area contributed by atoms with E-state index < -0.39 is 0 Å². The van der Waals surface area contributed by atoms with Gasteiger partial charge in [-0.1, -0.05) is 0 Å². The monoisotopic (exact) mass is 236 g/mol. The van der Waals surface area contributed by atoms with E-state index in [1.165, 1.54) is 0 Å². The van der Waals surface area contributed by atoms with Crippen LogP contribution in [0.5, 0.6) is 5.75 Å². The Labute approximate surface area is 102 Å². The van der Waals surface area contributed by atoms with Crippen LogP contribution < -0.4 is 15.8 Å². The van der Waals surface area contributed by atoms with Crippen LogP contribution in [0.15, 0.2) is 18.2 Å². The first-order valence-electron chi connectivity index (χ1n) is 6.04. The van der Waals surface area contributed by atoms with E-state index in [-0.39, 0.29) is 6.10 Å². The van der Waals surface area contributed by atoms with Gasteiger partial charge < -0.3 is 20.9 Å².